The molecule has 120 valence electrons. The number of aromatic nitrogens is 2. The van der Waals surface area contributed by atoms with Crippen molar-refractivity contribution < 1.29 is 9.47 Å². The van der Waals surface area contributed by atoms with E-state index in [0.717, 1.165) is 0 Å². The van der Waals surface area contributed by atoms with E-state index in [1.807, 2.05) is 24.9 Å². The van der Waals surface area contributed by atoms with Gasteiger partial charge in [-0.2, -0.15) is 5.26 Å². The van der Waals surface area contributed by atoms with Crippen molar-refractivity contribution in [2.24, 2.45) is 4.99 Å². The molecule has 0 bridgehead atoms. The second-order valence-electron chi connectivity index (χ2n) is 4.66. The molecule has 8 nitrogen and oxygen atoms in total. The molecule has 1 N–H and O–H groups in total. The van der Waals surface area contributed by atoms with Crippen LogP contribution in [0.4, 0.5) is 0 Å². The molecule has 0 unspecified atom stereocenters. The molecule has 0 saturated carbocycles. The van der Waals surface area contributed by atoms with Crippen LogP contribution in [0.2, 0.25) is 5.28 Å². The number of nitrogens with zero attached hydrogens (tertiary/aromatic N) is 5. The van der Waals surface area contributed by atoms with Crippen LogP contribution in [0.15, 0.2) is 17.4 Å². The number of halogens is 1. The summed E-state index contributed by atoms with van der Waals surface area (Å²) < 4.78 is 13.3. The van der Waals surface area contributed by atoms with Crippen molar-refractivity contribution in [1.29, 1.82) is 5.26 Å². The lowest BCUT2D eigenvalue weighted by molar-refractivity contribution is -0.234. The third-order valence-corrected chi connectivity index (χ3v) is 3.49. The predicted octanol–water partition coefficient (Wildman–Crippen LogP) is 1.01. The minimum Gasteiger partial charge on any atom is -0.347 e. The number of imidazole rings is 1. The Morgan fingerprint density at radius 2 is 2.18 bits per heavy atom. The smallest absolute Gasteiger partial charge is 0.209 e. The molecule has 2 heterocycles. The summed E-state index contributed by atoms with van der Waals surface area (Å²) in [5.41, 5.74) is 0. The molecular formula is C13H19ClN6O2. The van der Waals surface area contributed by atoms with Crippen LogP contribution in [0.25, 0.3) is 0 Å². The van der Waals surface area contributed by atoms with Crippen LogP contribution in [0.5, 0.6) is 0 Å². The van der Waals surface area contributed by atoms with Crippen LogP contribution in [-0.2, 0) is 16.1 Å². The standard InChI is InChI=1S/C13H19ClN6O2/c1-3-21-13(22-4-2)7-17-12(18-9-15)20(8-13)10-19-6-5-16-11(19)14/h5-6H,3-4,7-8,10H2,1-2H3,(H,17,18). The highest BCUT2D eigenvalue weighted by Crippen LogP contribution is 2.21. The molecular weight excluding hydrogens is 308 g/mol. The average Bonchev–Trinajstić information content (AvgIpc) is 2.88. The number of nitriles is 1. The minimum atomic E-state index is -0.822. The Kier molecular flexibility index (Phi) is 5.60. The second-order valence-corrected chi connectivity index (χ2v) is 5.00. The number of rotatable bonds is 6. The van der Waals surface area contributed by atoms with E-state index in [-0.39, 0.29) is 0 Å². The fourth-order valence-electron chi connectivity index (χ4n) is 2.35. The molecule has 1 aromatic rings. The quantitative estimate of drug-likeness (QED) is 0.477. The summed E-state index contributed by atoms with van der Waals surface area (Å²) in [4.78, 5) is 10.2. The summed E-state index contributed by atoms with van der Waals surface area (Å²) in [6, 6.07) is 0. The molecule has 0 atom stereocenters. The van der Waals surface area contributed by atoms with E-state index >= 15 is 0 Å². The highest BCUT2D eigenvalue weighted by Gasteiger charge is 2.38. The van der Waals surface area contributed by atoms with E-state index in [9.17, 15) is 0 Å². The van der Waals surface area contributed by atoms with Gasteiger partial charge in [-0.05, 0) is 25.4 Å². The second kappa shape index (κ2) is 7.45. The zero-order valence-electron chi connectivity index (χ0n) is 12.6. The van der Waals surface area contributed by atoms with Gasteiger partial charge in [-0.3, -0.25) is 5.32 Å². The zero-order chi connectivity index (χ0) is 16.0. The lowest BCUT2D eigenvalue weighted by Gasteiger charge is -2.41. The van der Waals surface area contributed by atoms with Crippen molar-refractivity contribution in [2.45, 2.75) is 26.3 Å². The summed E-state index contributed by atoms with van der Waals surface area (Å²) in [6.07, 6.45) is 5.26. The lowest BCUT2D eigenvalue weighted by atomic mass is 10.2. The molecule has 2 rings (SSSR count). The van der Waals surface area contributed by atoms with Gasteiger partial charge in [0.2, 0.25) is 17.0 Å². The first-order valence-electron chi connectivity index (χ1n) is 7.03. The summed E-state index contributed by atoms with van der Waals surface area (Å²) in [5.74, 6) is -0.362. The number of hydrogen-bond acceptors (Lipinski definition) is 7. The van der Waals surface area contributed by atoms with Gasteiger partial charge >= 0.3 is 0 Å². The summed E-state index contributed by atoms with van der Waals surface area (Å²) in [5, 5.41) is 11.8. The van der Waals surface area contributed by atoms with Gasteiger partial charge in [0.05, 0.1) is 19.8 Å². The molecule has 0 aromatic carbocycles. The third-order valence-electron chi connectivity index (χ3n) is 3.17. The van der Waals surface area contributed by atoms with E-state index in [0.29, 0.717) is 44.2 Å². The monoisotopic (exact) mass is 326 g/mol. The summed E-state index contributed by atoms with van der Waals surface area (Å²) >= 11 is 6.01. The molecule has 9 heteroatoms. The van der Waals surface area contributed by atoms with Gasteiger partial charge in [0.15, 0.2) is 6.19 Å². The number of nitrogens with one attached hydrogen (secondary N) is 1. The highest BCUT2D eigenvalue weighted by molar-refractivity contribution is 6.28. The van der Waals surface area contributed by atoms with Gasteiger partial charge in [-0.1, -0.05) is 0 Å². The van der Waals surface area contributed by atoms with Crippen molar-refractivity contribution in [2.75, 3.05) is 26.3 Å². The van der Waals surface area contributed by atoms with Crippen molar-refractivity contribution in [3.05, 3.63) is 17.7 Å². The highest BCUT2D eigenvalue weighted by atomic mass is 35.5. The number of guanidine groups is 1. The van der Waals surface area contributed by atoms with E-state index in [4.69, 9.17) is 26.3 Å². The normalized spacial score (nSPS) is 17.0. The van der Waals surface area contributed by atoms with Gasteiger partial charge in [0.25, 0.3) is 0 Å². The molecule has 1 aliphatic heterocycles. The molecule has 0 radical (unpaired) electrons. The molecule has 0 amide bonds. The summed E-state index contributed by atoms with van der Waals surface area (Å²) in [6.45, 7) is 5.97. The third kappa shape index (κ3) is 3.68. The van der Waals surface area contributed by atoms with Crippen LogP contribution in [-0.4, -0.2) is 52.5 Å². The van der Waals surface area contributed by atoms with Gasteiger partial charge < -0.3 is 18.9 Å². The molecule has 0 spiro atoms. The maximum atomic E-state index is 8.88. The van der Waals surface area contributed by atoms with E-state index < -0.39 is 5.79 Å². The van der Waals surface area contributed by atoms with Crippen molar-refractivity contribution in [3.8, 4) is 6.19 Å². The van der Waals surface area contributed by atoms with Crippen LogP contribution < -0.4 is 5.32 Å². The Labute approximate surface area is 134 Å². The van der Waals surface area contributed by atoms with Crippen LogP contribution >= 0.6 is 11.6 Å². The van der Waals surface area contributed by atoms with Gasteiger partial charge in [-0.25, -0.2) is 9.98 Å². The maximum absolute atomic E-state index is 8.88. The first-order chi connectivity index (χ1) is 10.6. The lowest BCUT2D eigenvalue weighted by Crippen LogP contribution is -2.57. The zero-order valence-corrected chi connectivity index (χ0v) is 13.4. The van der Waals surface area contributed by atoms with Crippen molar-refractivity contribution in [1.82, 2.24) is 19.8 Å². The van der Waals surface area contributed by atoms with Gasteiger partial charge in [0, 0.05) is 25.6 Å². The fraction of sp³-hybridized carbons (Fsp3) is 0.615. The Balaban J connectivity index is 2.22. The average molecular weight is 327 g/mol. The molecule has 0 saturated heterocycles. The predicted molar refractivity (Wildman–Crippen MR) is 81.0 cm³/mol. The number of aliphatic imine (C=N–C) groups is 1. The largest absolute Gasteiger partial charge is 0.347 e. The summed E-state index contributed by atoms with van der Waals surface area (Å²) in [7, 11) is 0. The van der Waals surface area contributed by atoms with Crippen LogP contribution in [0.1, 0.15) is 13.8 Å². The Morgan fingerprint density at radius 1 is 1.45 bits per heavy atom. The maximum Gasteiger partial charge on any atom is 0.209 e. The Bertz CT molecular complexity index is 561. The van der Waals surface area contributed by atoms with Gasteiger partial charge in [-0.15, -0.1) is 0 Å². The van der Waals surface area contributed by atoms with E-state index in [1.54, 1.807) is 17.0 Å². The van der Waals surface area contributed by atoms with E-state index in [2.05, 4.69) is 15.3 Å². The topological polar surface area (TPSA) is 87.7 Å². The molecule has 0 aliphatic carbocycles. The molecule has 1 aromatic heterocycles. The minimum absolute atomic E-state index is 0.326. The first kappa shape index (κ1) is 16.5. The molecule has 0 fully saturated rings. The van der Waals surface area contributed by atoms with Crippen LogP contribution in [0, 0.1) is 11.5 Å². The van der Waals surface area contributed by atoms with Crippen molar-refractivity contribution >= 4 is 17.6 Å². The first-order valence-corrected chi connectivity index (χ1v) is 7.41. The fourth-order valence-corrected chi connectivity index (χ4v) is 2.51. The van der Waals surface area contributed by atoms with Gasteiger partial charge in [0.1, 0.15) is 0 Å². The van der Waals surface area contributed by atoms with Crippen molar-refractivity contribution in [3.63, 3.8) is 0 Å². The van der Waals surface area contributed by atoms with Crippen LogP contribution in [0.3, 0.4) is 0 Å². The Morgan fingerprint density at radius 3 is 2.73 bits per heavy atom. The molecule has 22 heavy (non-hydrogen) atoms. The molecule has 1 aliphatic rings. The number of hydrogen-bond donors (Lipinski definition) is 1. The van der Waals surface area contributed by atoms with E-state index in [1.165, 1.54) is 0 Å². The number of ether oxygens (including phenoxy) is 2. The Hall–Kier alpha value is -1.82. The SMILES string of the molecule is CCOC1(OCC)CN=C(NC#N)N(Cn2ccnc2Cl)C1.